The van der Waals surface area contributed by atoms with Gasteiger partial charge in [0.05, 0.1) is 14.2 Å². The third kappa shape index (κ3) is 6.45. The summed E-state index contributed by atoms with van der Waals surface area (Å²) >= 11 is 0. The van der Waals surface area contributed by atoms with Gasteiger partial charge in [0.2, 0.25) is 0 Å². The van der Waals surface area contributed by atoms with Crippen LogP contribution in [0, 0.1) is 0 Å². The van der Waals surface area contributed by atoms with E-state index in [1.165, 1.54) is 5.56 Å². The Hall–Kier alpha value is -1.18. The molecule has 5 nitrogen and oxygen atoms in total. The van der Waals surface area contributed by atoms with Gasteiger partial charge in [-0.15, -0.1) is 24.0 Å². The van der Waals surface area contributed by atoms with Crippen molar-refractivity contribution >= 4 is 29.9 Å². The second-order valence-electron chi connectivity index (χ2n) is 6.18. The SMILES string of the molecule is CN=C(NCC(C)(C)c1ccc(OC)c(OC)c1)NC(C)C.I. The topological polar surface area (TPSA) is 54.9 Å². The first-order valence-corrected chi connectivity index (χ1v) is 7.53. The summed E-state index contributed by atoms with van der Waals surface area (Å²) in [5.74, 6) is 2.30. The molecule has 1 rings (SSSR count). The van der Waals surface area contributed by atoms with Gasteiger partial charge in [0.1, 0.15) is 0 Å². The van der Waals surface area contributed by atoms with Crippen molar-refractivity contribution in [3.63, 3.8) is 0 Å². The highest BCUT2D eigenvalue weighted by atomic mass is 127. The third-order valence-corrected chi connectivity index (χ3v) is 3.51. The second-order valence-corrected chi connectivity index (χ2v) is 6.18. The molecule has 0 bridgehead atoms. The molecule has 0 spiro atoms. The summed E-state index contributed by atoms with van der Waals surface area (Å²) in [6, 6.07) is 6.38. The summed E-state index contributed by atoms with van der Waals surface area (Å²) in [6.07, 6.45) is 0. The highest BCUT2D eigenvalue weighted by Crippen LogP contribution is 2.32. The van der Waals surface area contributed by atoms with Crippen LogP contribution >= 0.6 is 24.0 Å². The predicted molar refractivity (Wildman–Crippen MR) is 108 cm³/mol. The van der Waals surface area contributed by atoms with E-state index in [4.69, 9.17) is 9.47 Å². The number of hydrogen-bond donors (Lipinski definition) is 2. The minimum atomic E-state index is -0.0752. The maximum Gasteiger partial charge on any atom is 0.191 e. The number of rotatable bonds is 6. The monoisotopic (exact) mass is 435 g/mol. The van der Waals surface area contributed by atoms with Crippen LogP contribution in [0.5, 0.6) is 11.5 Å². The third-order valence-electron chi connectivity index (χ3n) is 3.51. The number of ether oxygens (including phenoxy) is 2. The smallest absolute Gasteiger partial charge is 0.191 e. The highest BCUT2D eigenvalue weighted by Gasteiger charge is 2.22. The Morgan fingerprint density at radius 3 is 2.26 bits per heavy atom. The summed E-state index contributed by atoms with van der Waals surface area (Å²) < 4.78 is 10.7. The first-order valence-electron chi connectivity index (χ1n) is 7.53. The quantitative estimate of drug-likeness (QED) is 0.410. The van der Waals surface area contributed by atoms with E-state index < -0.39 is 0 Å². The van der Waals surface area contributed by atoms with E-state index in [2.05, 4.69) is 49.4 Å². The molecule has 0 aromatic heterocycles. The average Bonchev–Trinajstić information content (AvgIpc) is 2.50. The highest BCUT2D eigenvalue weighted by molar-refractivity contribution is 14.0. The van der Waals surface area contributed by atoms with Gasteiger partial charge in [-0.2, -0.15) is 0 Å². The molecule has 0 saturated carbocycles. The second kappa shape index (κ2) is 9.85. The van der Waals surface area contributed by atoms with E-state index in [0.29, 0.717) is 6.04 Å². The Balaban J connectivity index is 0.00000484. The van der Waals surface area contributed by atoms with E-state index >= 15 is 0 Å². The van der Waals surface area contributed by atoms with Crippen molar-refractivity contribution < 1.29 is 9.47 Å². The zero-order chi connectivity index (χ0) is 16.8. The normalized spacial score (nSPS) is 11.7. The molecule has 0 aliphatic rings. The van der Waals surface area contributed by atoms with Crippen LogP contribution in [0.1, 0.15) is 33.3 Å². The van der Waals surface area contributed by atoms with Gasteiger partial charge < -0.3 is 20.1 Å². The van der Waals surface area contributed by atoms with Gasteiger partial charge in [-0.25, -0.2) is 0 Å². The van der Waals surface area contributed by atoms with E-state index in [1.54, 1.807) is 21.3 Å². The fraction of sp³-hybridized carbons (Fsp3) is 0.588. The van der Waals surface area contributed by atoms with Crippen LogP contribution in [-0.4, -0.2) is 39.8 Å². The van der Waals surface area contributed by atoms with Gasteiger partial charge in [0.15, 0.2) is 17.5 Å². The standard InChI is InChI=1S/C17H29N3O2.HI/c1-12(2)20-16(18-5)19-11-17(3,4)13-8-9-14(21-6)15(10-13)22-7;/h8-10,12H,11H2,1-7H3,(H2,18,19,20);1H. The lowest BCUT2D eigenvalue weighted by Crippen LogP contribution is -2.45. The number of guanidine groups is 1. The van der Waals surface area contributed by atoms with Gasteiger partial charge in [-0.05, 0) is 31.5 Å². The van der Waals surface area contributed by atoms with E-state index in [9.17, 15) is 0 Å². The van der Waals surface area contributed by atoms with Crippen LogP contribution in [0.15, 0.2) is 23.2 Å². The number of nitrogens with zero attached hydrogens (tertiary/aromatic N) is 1. The lowest BCUT2D eigenvalue weighted by atomic mass is 9.84. The summed E-state index contributed by atoms with van der Waals surface area (Å²) in [5, 5.41) is 6.66. The van der Waals surface area contributed by atoms with Crippen molar-refractivity contribution in [2.24, 2.45) is 4.99 Å². The molecule has 2 N–H and O–H groups in total. The Labute approximate surface area is 157 Å². The van der Waals surface area contributed by atoms with E-state index in [1.807, 2.05) is 12.1 Å². The fourth-order valence-electron chi connectivity index (χ4n) is 2.13. The number of benzene rings is 1. The maximum atomic E-state index is 5.39. The molecule has 6 heteroatoms. The van der Waals surface area contributed by atoms with Crippen LogP contribution in [0.4, 0.5) is 0 Å². The van der Waals surface area contributed by atoms with Crippen molar-refractivity contribution in [3.05, 3.63) is 23.8 Å². The molecule has 0 fully saturated rings. The number of nitrogens with one attached hydrogen (secondary N) is 2. The van der Waals surface area contributed by atoms with Gasteiger partial charge >= 0.3 is 0 Å². The van der Waals surface area contributed by atoms with Gasteiger partial charge in [0, 0.05) is 25.0 Å². The van der Waals surface area contributed by atoms with Crippen molar-refractivity contribution in [3.8, 4) is 11.5 Å². The van der Waals surface area contributed by atoms with Crippen molar-refractivity contribution in [2.75, 3.05) is 27.8 Å². The lowest BCUT2D eigenvalue weighted by molar-refractivity contribution is 0.353. The molecule has 0 unspecified atom stereocenters. The lowest BCUT2D eigenvalue weighted by Gasteiger charge is -2.28. The summed E-state index contributed by atoms with van der Waals surface area (Å²) in [6.45, 7) is 9.31. The summed E-state index contributed by atoms with van der Waals surface area (Å²) in [4.78, 5) is 4.24. The van der Waals surface area contributed by atoms with E-state index in [0.717, 1.165) is 24.0 Å². The summed E-state index contributed by atoms with van der Waals surface area (Å²) in [5.41, 5.74) is 1.10. The molecule has 132 valence electrons. The molecule has 0 amide bonds. The minimum absolute atomic E-state index is 0. The molecule has 0 aliphatic heterocycles. The Morgan fingerprint density at radius 1 is 1.17 bits per heavy atom. The average molecular weight is 435 g/mol. The van der Waals surface area contributed by atoms with E-state index in [-0.39, 0.29) is 29.4 Å². The van der Waals surface area contributed by atoms with Crippen LogP contribution < -0.4 is 20.1 Å². The predicted octanol–water partition coefficient (Wildman–Crippen LogP) is 3.17. The summed E-state index contributed by atoms with van der Waals surface area (Å²) in [7, 11) is 5.08. The zero-order valence-electron chi connectivity index (χ0n) is 15.2. The molecule has 1 aromatic rings. The Morgan fingerprint density at radius 2 is 1.78 bits per heavy atom. The molecular formula is C17H30IN3O2. The van der Waals surface area contributed by atoms with Crippen LogP contribution in [0.25, 0.3) is 0 Å². The number of aliphatic imine (C=N–C) groups is 1. The first kappa shape index (κ1) is 21.8. The minimum Gasteiger partial charge on any atom is -0.493 e. The largest absolute Gasteiger partial charge is 0.493 e. The molecule has 23 heavy (non-hydrogen) atoms. The van der Waals surface area contributed by atoms with Gasteiger partial charge in [-0.1, -0.05) is 19.9 Å². The molecule has 0 radical (unpaired) electrons. The molecule has 0 aliphatic carbocycles. The number of halogens is 1. The van der Waals surface area contributed by atoms with Crippen molar-refractivity contribution in [1.82, 2.24) is 10.6 Å². The van der Waals surface area contributed by atoms with Crippen molar-refractivity contribution in [1.29, 1.82) is 0 Å². The van der Waals surface area contributed by atoms with Gasteiger partial charge in [-0.3, -0.25) is 4.99 Å². The Kier molecular flexibility index (Phi) is 9.34. The molecule has 0 atom stereocenters. The van der Waals surface area contributed by atoms with Crippen LogP contribution in [0.3, 0.4) is 0 Å². The zero-order valence-corrected chi connectivity index (χ0v) is 17.5. The molecule has 0 heterocycles. The number of methoxy groups -OCH3 is 2. The van der Waals surface area contributed by atoms with Crippen LogP contribution in [-0.2, 0) is 5.41 Å². The fourth-order valence-corrected chi connectivity index (χ4v) is 2.13. The molecule has 0 saturated heterocycles. The maximum absolute atomic E-state index is 5.39. The van der Waals surface area contributed by atoms with Gasteiger partial charge in [0.25, 0.3) is 0 Å². The number of hydrogen-bond acceptors (Lipinski definition) is 3. The molecule has 1 aromatic carbocycles. The van der Waals surface area contributed by atoms with Crippen LogP contribution in [0.2, 0.25) is 0 Å². The molecular weight excluding hydrogens is 405 g/mol. The first-order chi connectivity index (χ1) is 10.3. The van der Waals surface area contributed by atoms with Crippen molar-refractivity contribution in [2.45, 2.75) is 39.2 Å². The Bertz CT molecular complexity index is 517.